The van der Waals surface area contributed by atoms with Gasteiger partial charge in [0.25, 0.3) is 0 Å². The molecule has 0 spiro atoms. The molecule has 0 atom stereocenters. The molecule has 0 saturated carbocycles. The molecule has 1 aromatic heterocycles. The maximum absolute atomic E-state index is 13.4. The highest BCUT2D eigenvalue weighted by Gasteiger charge is 2.29. The van der Waals surface area contributed by atoms with Gasteiger partial charge in [-0.25, -0.2) is 17.5 Å². The van der Waals surface area contributed by atoms with Gasteiger partial charge in [-0.15, -0.1) is 0 Å². The third kappa shape index (κ3) is 6.31. The van der Waals surface area contributed by atoms with E-state index in [-0.39, 0.29) is 12.2 Å². The predicted octanol–water partition coefficient (Wildman–Crippen LogP) is 4.91. The zero-order valence-electron chi connectivity index (χ0n) is 23.1. The van der Waals surface area contributed by atoms with Gasteiger partial charge in [-0.05, 0) is 93.4 Å². The first kappa shape index (κ1) is 27.7. The van der Waals surface area contributed by atoms with E-state index in [0.29, 0.717) is 36.9 Å². The topological polar surface area (TPSA) is 83.3 Å². The summed E-state index contributed by atoms with van der Waals surface area (Å²) in [7, 11) is -1.90. The molecule has 2 aliphatic rings. The Kier molecular flexibility index (Phi) is 8.30. The number of fused-ring (bicyclic) bond motifs is 2. The van der Waals surface area contributed by atoms with E-state index in [2.05, 4.69) is 11.0 Å². The van der Waals surface area contributed by atoms with Crippen LogP contribution in [-0.4, -0.2) is 74.5 Å². The monoisotopic (exact) mass is 553 g/mol. The number of para-hydroxylation sites is 1. The van der Waals surface area contributed by atoms with Crippen LogP contribution in [0.3, 0.4) is 0 Å². The van der Waals surface area contributed by atoms with E-state index in [1.165, 1.54) is 15.3 Å². The number of amides is 1. The minimum absolute atomic E-state index is 0.169. The minimum Gasteiger partial charge on any atom is -0.464 e. The van der Waals surface area contributed by atoms with Crippen molar-refractivity contribution < 1.29 is 22.4 Å². The lowest BCUT2D eigenvalue weighted by atomic mass is 9.96. The highest BCUT2D eigenvalue weighted by atomic mass is 32.2. The van der Waals surface area contributed by atoms with Crippen LogP contribution in [0.2, 0.25) is 0 Å². The highest BCUT2D eigenvalue weighted by Crippen LogP contribution is 2.27. The summed E-state index contributed by atoms with van der Waals surface area (Å²) in [6, 6.07) is 13.4. The van der Waals surface area contributed by atoms with Gasteiger partial charge in [0, 0.05) is 38.6 Å². The number of furan rings is 1. The molecule has 0 N–H and O–H groups in total. The third-order valence-electron chi connectivity index (χ3n) is 7.97. The number of sulfonamides is 1. The van der Waals surface area contributed by atoms with E-state index in [1.807, 2.05) is 44.4 Å². The van der Waals surface area contributed by atoms with Gasteiger partial charge in [0.15, 0.2) is 0 Å². The van der Waals surface area contributed by atoms with Crippen LogP contribution in [0, 0.1) is 5.92 Å². The molecule has 1 saturated heterocycles. The van der Waals surface area contributed by atoms with Gasteiger partial charge in [-0.2, -0.15) is 0 Å². The number of ether oxygens (including phenoxy) is 1. The number of nitrogens with zero attached hydrogens (tertiary/aromatic N) is 3. The Morgan fingerprint density at radius 3 is 2.64 bits per heavy atom. The summed E-state index contributed by atoms with van der Waals surface area (Å²) in [5, 5.41) is 1.19. The molecule has 2 aliphatic heterocycles. The zero-order chi connectivity index (χ0) is 27.6. The van der Waals surface area contributed by atoms with Crippen molar-refractivity contribution in [2.75, 3.05) is 39.8 Å². The molecular formula is C30H39N3O5S. The van der Waals surface area contributed by atoms with Gasteiger partial charge >= 0.3 is 6.09 Å². The minimum atomic E-state index is -3.59. The molecule has 0 unspecified atom stereocenters. The predicted molar refractivity (Wildman–Crippen MR) is 151 cm³/mol. The molecule has 0 bridgehead atoms. The van der Waals surface area contributed by atoms with Gasteiger partial charge in [0.1, 0.15) is 5.58 Å². The quantitative estimate of drug-likeness (QED) is 0.394. The molecule has 5 rings (SSSR count). The molecule has 1 fully saturated rings. The number of hydrogen-bond donors (Lipinski definition) is 0. The van der Waals surface area contributed by atoms with Gasteiger partial charge in [0.05, 0.1) is 17.3 Å². The Hall–Kier alpha value is -2.88. The van der Waals surface area contributed by atoms with Gasteiger partial charge in [-0.3, -0.25) is 0 Å². The fourth-order valence-electron chi connectivity index (χ4n) is 5.66. The summed E-state index contributed by atoms with van der Waals surface area (Å²) in [5.41, 5.74) is 4.13. The Bertz CT molecular complexity index is 1410. The van der Waals surface area contributed by atoms with Crippen molar-refractivity contribution in [1.82, 2.24) is 14.1 Å². The first-order valence-corrected chi connectivity index (χ1v) is 15.4. The smallest absolute Gasteiger partial charge is 0.410 e. The maximum Gasteiger partial charge on any atom is 0.410 e. The van der Waals surface area contributed by atoms with Crippen molar-refractivity contribution in [2.24, 2.45) is 5.92 Å². The Morgan fingerprint density at radius 1 is 1.10 bits per heavy atom. The largest absolute Gasteiger partial charge is 0.464 e. The zero-order valence-corrected chi connectivity index (χ0v) is 24.0. The first-order valence-electron chi connectivity index (χ1n) is 13.9. The fraction of sp³-hybridized carbons (Fsp3) is 0.500. The lowest BCUT2D eigenvalue weighted by molar-refractivity contribution is 0.0729. The molecule has 8 nitrogen and oxygen atoms in total. The Labute approximate surface area is 231 Å². The number of carbonyl (C=O) groups is 1. The average Bonchev–Trinajstić information content (AvgIpc) is 3.34. The van der Waals surface area contributed by atoms with E-state index in [0.717, 1.165) is 55.6 Å². The van der Waals surface area contributed by atoms with E-state index in [9.17, 15) is 13.2 Å². The third-order valence-corrected chi connectivity index (χ3v) is 9.79. The number of likely N-dealkylation sites (tertiary alicyclic amines) is 1. The second-order valence-corrected chi connectivity index (χ2v) is 13.2. The van der Waals surface area contributed by atoms with E-state index in [4.69, 9.17) is 9.15 Å². The van der Waals surface area contributed by atoms with Crippen LogP contribution in [0.4, 0.5) is 4.79 Å². The number of piperidine rings is 1. The maximum atomic E-state index is 13.4. The van der Waals surface area contributed by atoms with Crippen molar-refractivity contribution in [3.63, 3.8) is 0 Å². The second kappa shape index (κ2) is 11.7. The lowest BCUT2D eigenvalue weighted by Gasteiger charge is -2.33. The first-order chi connectivity index (χ1) is 18.7. The lowest BCUT2D eigenvalue weighted by Crippen LogP contribution is -2.40. The number of benzene rings is 2. The number of rotatable bonds is 8. The standard InChI is InChI=1S/C30H39N3O5S/c1-22(2)38-30(34)33-17-13-24-18-27(9-8-25(24)20-33)39(35,36)31(3)19-23-10-14-32(15-11-23)16-12-26-21-37-29-7-5-4-6-28(26)29/h4-9,18,21-23H,10-17,19-20H2,1-3H3. The number of carbonyl (C=O) groups excluding carboxylic acids is 1. The normalized spacial score (nSPS) is 17.2. The van der Waals surface area contributed by atoms with Crippen molar-refractivity contribution >= 4 is 27.1 Å². The van der Waals surface area contributed by atoms with Gasteiger partial charge < -0.3 is 19.0 Å². The summed E-state index contributed by atoms with van der Waals surface area (Å²) in [6.07, 6.45) is 4.91. The SMILES string of the molecule is CC(C)OC(=O)N1CCc2cc(S(=O)(=O)N(C)CC3CCN(CCc4coc5ccccc45)CC3)ccc2C1. The van der Waals surface area contributed by atoms with Crippen molar-refractivity contribution in [2.45, 2.75) is 57.1 Å². The summed E-state index contributed by atoms with van der Waals surface area (Å²) < 4.78 is 39.3. The molecule has 210 valence electrons. The summed E-state index contributed by atoms with van der Waals surface area (Å²) in [5.74, 6) is 0.342. The van der Waals surface area contributed by atoms with Crippen LogP contribution in [0.25, 0.3) is 11.0 Å². The van der Waals surface area contributed by atoms with E-state index >= 15 is 0 Å². The van der Waals surface area contributed by atoms with E-state index in [1.54, 1.807) is 24.1 Å². The van der Waals surface area contributed by atoms with Crippen LogP contribution >= 0.6 is 0 Å². The molecule has 0 aliphatic carbocycles. The van der Waals surface area contributed by atoms with E-state index < -0.39 is 10.0 Å². The van der Waals surface area contributed by atoms with Gasteiger partial charge in [0.2, 0.25) is 10.0 Å². The molecular weight excluding hydrogens is 514 g/mol. The Morgan fingerprint density at radius 2 is 1.87 bits per heavy atom. The van der Waals surface area contributed by atoms with Crippen LogP contribution in [0.15, 0.2) is 58.0 Å². The second-order valence-electron chi connectivity index (χ2n) is 11.1. The molecule has 3 heterocycles. The summed E-state index contributed by atoms with van der Waals surface area (Å²) >= 11 is 0. The van der Waals surface area contributed by atoms with Crippen molar-refractivity contribution in [1.29, 1.82) is 0 Å². The van der Waals surface area contributed by atoms with Crippen LogP contribution in [0.1, 0.15) is 43.4 Å². The molecule has 2 aromatic carbocycles. The molecule has 3 aromatic rings. The summed E-state index contributed by atoms with van der Waals surface area (Å²) in [6.45, 7) is 8.07. The van der Waals surface area contributed by atoms with Gasteiger partial charge in [-0.1, -0.05) is 24.3 Å². The molecule has 0 radical (unpaired) electrons. The molecule has 39 heavy (non-hydrogen) atoms. The number of hydrogen-bond acceptors (Lipinski definition) is 6. The van der Waals surface area contributed by atoms with Crippen LogP contribution in [0.5, 0.6) is 0 Å². The molecule has 1 amide bonds. The fourth-order valence-corrected chi connectivity index (χ4v) is 6.96. The van der Waals surface area contributed by atoms with Crippen molar-refractivity contribution in [3.8, 4) is 0 Å². The van der Waals surface area contributed by atoms with Crippen molar-refractivity contribution in [3.05, 3.63) is 65.4 Å². The highest BCUT2D eigenvalue weighted by molar-refractivity contribution is 7.89. The van der Waals surface area contributed by atoms with Crippen LogP contribution < -0.4 is 0 Å². The van der Waals surface area contributed by atoms with Crippen LogP contribution in [-0.2, 0) is 34.1 Å². The average molecular weight is 554 g/mol. The summed E-state index contributed by atoms with van der Waals surface area (Å²) in [4.78, 5) is 16.7. The molecule has 9 heteroatoms. The Balaban J connectivity index is 1.12.